The molecule has 0 fully saturated rings. The molecule has 1 aliphatic heterocycles. The zero-order chi connectivity index (χ0) is 25.7. The zero-order valence-electron chi connectivity index (χ0n) is 21.3. The summed E-state index contributed by atoms with van der Waals surface area (Å²) in [6, 6.07) is 17.6. The van der Waals surface area contributed by atoms with E-state index in [0.29, 0.717) is 41.0 Å². The van der Waals surface area contributed by atoms with Crippen LogP contribution in [0.5, 0.6) is 28.7 Å². The van der Waals surface area contributed by atoms with E-state index in [9.17, 15) is 4.79 Å². The molecule has 0 saturated heterocycles. The van der Waals surface area contributed by atoms with Crippen LogP contribution in [0.1, 0.15) is 22.7 Å². The van der Waals surface area contributed by atoms with Crippen molar-refractivity contribution in [2.75, 3.05) is 54.0 Å². The fraction of sp³-hybridized carbons (Fsp3) is 0.321. The van der Waals surface area contributed by atoms with Crippen molar-refractivity contribution in [2.45, 2.75) is 12.5 Å². The Morgan fingerprint density at radius 3 is 2.03 bits per heavy atom. The maximum absolute atomic E-state index is 13.2. The molecule has 1 unspecified atom stereocenters. The van der Waals surface area contributed by atoms with Crippen LogP contribution in [0.2, 0.25) is 0 Å². The van der Waals surface area contributed by atoms with Crippen LogP contribution in [0.3, 0.4) is 0 Å². The van der Waals surface area contributed by atoms with Gasteiger partial charge in [0.15, 0.2) is 23.0 Å². The third kappa shape index (κ3) is 5.04. The highest BCUT2D eigenvalue weighted by atomic mass is 16.5. The Morgan fingerprint density at radius 1 is 0.833 bits per heavy atom. The highest BCUT2D eigenvalue weighted by Gasteiger charge is 2.31. The van der Waals surface area contributed by atoms with Gasteiger partial charge in [-0.25, -0.2) is 0 Å². The van der Waals surface area contributed by atoms with Gasteiger partial charge in [-0.2, -0.15) is 0 Å². The summed E-state index contributed by atoms with van der Waals surface area (Å²) < 4.78 is 27.3. The molecule has 0 bridgehead atoms. The van der Waals surface area contributed by atoms with Gasteiger partial charge in [0.25, 0.3) is 0 Å². The quantitative estimate of drug-likeness (QED) is 0.477. The number of methoxy groups -OCH3 is 5. The Balaban J connectivity index is 1.63. The van der Waals surface area contributed by atoms with Crippen LogP contribution in [0.4, 0.5) is 5.69 Å². The molecule has 1 atom stereocenters. The summed E-state index contributed by atoms with van der Waals surface area (Å²) in [5, 5.41) is 2.99. The van der Waals surface area contributed by atoms with Gasteiger partial charge in [-0.05, 0) is 35.2 Å². The number of amides is 1. The first-order chi connectivity index (χ1) is 17.5. The molecule has 0 aromatic heterocycles. The van der Waals surface area contributed by atoms with Crippen molar-refractivity contribution in [1.29, 1.82) is 0 Å². The highest BCUT2D eigenvalue weighted by Crippen LogP contribution is 2.42. The number of ether oxygens (including phenoxy) is 5. The lowest BCUT2D eigenvalue weighted by Crippen LogP contribution is -2.41. The number of benzene rings is 3. The van der Waals surface area contributed by atoms with Gasteiger partial charge in [0.2, 0.25) is 11.7 Å². The SMILES string of the molecule is COc1cc2c(cc1OC)C(c1ccccc1)N(CC(=O)Nc1cc(OC)c(OC)c(OC)c1)CC2. The summed E-state index contributed by atoms with van der Waals surface area (Å²) in [7, 11) is 7.90. The molecule has 1 amide bonds. The van der Waals surface area contributed by atoms with Crippen LogP contribution < -0.4 is 29.0 Å². The molecule has 0 radical (unpaired) electrons. The molecule has 1 aliphatic rings. The molecular formula is C28H32N2O6. The lowest BCUT2D eigenvalue weighted by molar-refractivity contribution is -0.117. The minimum absolute atomic E-state index is 0.111. The third-order valence-electron chi connectivity index (χ3n) is 6.38. The van der Waals surface area contributed by atoms with Gasteiger partial charge < -0.3 is 29.0 Å². The minimum Gasteiger partial charge on any atom is -0.493 e. The second kappa shape index (κ2) is 11.2. The maximum atomic E-state index is 13.2. The van der Waals surface area contributed by atoms with Crippen molar-refractivity contribution in [3.8, 4) is 28.7 Å². The molecule has 3 aromatic carbocycles. The molecule has 0 saturated carbocycles. The Morgan fingerprint density at radius 2 is 1.44 bits per heavy atom. The average molecular weight is 493 g/mol. The van der Waals surface area contributed by atoms with Crippen molar-refractivity contribution in [3.63, 3.8) is 0 Å². The monoisotopic (exact) mass is 492 g/mol. The van der Waals surface area contributed by atoms with Crippen LogP contribution in [0.15, 0.2) is 54.6 Å². The Bertz CT molecular complexity index is 1190. The smallest absolute Gasteiger partial charge is 0.238 e. The molecular weight excluding hydrogens is 460 g/mol. The number of carbonyl (C=O) groups excluding carboxylic acids is 1. The first kappa shape index (κ1) is 25.2. The van der Waals surface area contributed by atoms with Crippen molar-refractivity contribution >= 4 is 11.6 Å². The van der Waals surface area contributed by atoms with E-state index in [1.165, 1.54) is 5.56 Å². The second-order valence-electron chi connectivity index (χ2n) is 8.40. The van der Waals surface area contributed by atoms with E-state index in [4.69, 9.17) is 23.7 Å². The van der Waals surface area contributed by atoms with Gasteiger partial charge in [0.1, 0.15) is 0 Å². The Kier molecular flexibility index (Phi) is 7.85. The molecule has 4 rings (SSSR count). The standard InChI is InChI=1S/C28H32N2O6/c1-32-22-13-19-11-12-30(27(18-9-7-6-8-10-18)21(19)16-23(22)33-2)17-26(31)29-20-14-24(34-3)28(36-5)25(15-20)35-4/h6-10,13-16,27H,11-12,17H2,1-5H3,(H,29,31). The predicted octanol–water partition coefficient (Wildman–Crippen LogP) is 4.32. The molecule has 8 heteroatoms. The van der Waals surface area contributed by atoms with E-state index < -0.39 is 0 Å². The van der Waals surface area contributed by atoms with Crippen molar-refractivity contribution in [3.05, 3.63) is 71.3 Å². The Labute approximate surface area is 211 Å². The fourth-order valence-corrected chi connectivity index (χ4v) is 4.73. The van der Waals surface area contributed by atoms with E-state index in [1.54, 1.807) is 47.7 Å². The molecule has 1 heterocycles. The summed E-state index contributed by atoms with van der Waals surface area (Å²) in [5.41, 5.74) is 3.95. The fourth-order valence-electron chi connectivity index (χ4n) is 4.73. The Hall–Kier alpha value is -3.91. The molecule has 190 valence electrons. The van der Waals surface area contributed by atoms with Crippen molar-refractivity contribution in [1.82, 2.24) is 4.90 Å². The normalized spacial score (nSPS) is 15.0. The second-order valence-corrected chi connectivity index (χ2v) is 8.40. The lowest BCUT2D eigenvalue weighted by Gasteiger charge is -2.37. The number of hydrogen-bond acceptors (Lipinski definition) is 7. The van der Waals surface area contributed by atoms with E-state index in [0.717, 1.165) is 17.5 Å². The number of nitrogens with zero attached hydrogens (tertiary/aromatic N) is 1. The first-order valence-electron chi connectivity index (χ1n) is 11.7. The van der Waals surface area contributed by atoms with Crippen LogP contribution in [-0.2, 0) is 11.2 Å². The number of fused-ring (bicyclic) bond motifs is 1. The van der Waals surface area contributed by atoms with Crippen LogP contribution >= 0.6 is 0 Å². The van der Waals surface area contributed by atoms with Gasteiger partial charge in [0.05, 0.1) is 48.1 Å². The molecule has 1 N–H and O–H groups in total. The van der Waals surface area contributed by atoms with E-state index in [-0.39, 0.29) is 18.5 Å². The predicted molar refractivity (Wildman–Crippen MR) is 138 cm³/mol. The van der Waals surface area contributed by atoms with Crippen molar-refractivity contribution in [2.24, 2.45) is 0 Å². The molecule has 8 nitrogen and oxygen atoms in total. The number of hydrogen-bond donors (Lipinski definition) is 1. The molecule has 3 aromatic rings. The molecule has 0 spiro atoms. The van der Waals surface area contributed by atoms with Gasteiger partial charge >= 0.3 is 0 Å². The number of rotatable bonds is 9. The zero-order valence-corrected chi connectivity index (χ0v) is 21.3. The van der Waals surface area contributed by atoms with Crippen molar-refractivity contribution < 1.29 is 28.5 Å². The van der Waals surface area contributed by atoms with Crippen LogP contribution in [0, 0.1) is 0 Å². The van der Waals surface area contributed by atoms with Gasteiger partial charge in [-0.1, -0.05) is 30.3 Å². The number of nitrogens with one attached hydrogen (secondary N) is 1. The molecule has 0 aliphatic carbocycles. The first-order valence-corrected chi connectivity index (χ1v) is 11.7. The van der Waals surface area contributed by atoms with E-state index in [2.05, 4.69) is 22.3 Å². The summed E-state index contributed by atoms with van der Waals surface area (Å²) in [6.07, 6.45) is 0.788. The average Bonchev–Trinajstić information content (AvgIpc) is 2.91. The van der Waals surface area contributed by atoms with E-state index >= 15 is 0 Å². The molecule has 36 heavy (non-hydrogen) atoms. The highest BCUT2D eigenvalue weighted by molar-refractivity contribution is 5.93. The van der Waals surface area contributed by atoms with E-state index in [1.807, 2.05) is 30.3 Å². The summed E-state index contributed by atoms with van der Waals surface area (Å²) in [5.74, 6) is 2.65. The minimum atomic E-state index is -0.144. The van der Waals surface area contributed by atoms with Crippen LogP contribution in [0.25, 0.3) is 0 Å². The largest absolute Gasteiger partial charge is 0.493 e. The topological polar surface area (TPSA) is 78.5 Å². The van der Waals surface area contributed by atoms with Crippen LogP contribution in [-0.4, -0.2) is 59.4 Å². The number of carbonyl (C=O) groups is 1. The van der Waals surface area contributed by atoms with Gasteiger partial charge in [-0.3, -0.25) is 9.69 Å². The maximum Gasteiger partial charge on any atom is 0.238 e. The summed E-state index contributed by atoms with van der Waals surface area (Å²) in [4.78, 5) is 15.4. The lowest BCUT2D eigenvalue weighted by atomic mass is 9.87. The van der Waals surface area contributed by atoms with Gasteiger partial charge in [-0.15, -0.1) is 0 Å². The third-order valence-corrected chi connectivity index (χ3v) is 6.38. The number of anilines is 1. The summed E-state index contributed by atoms with van der Waals surface area (Å²) >= 11 is 0. The summed E-state index contributed by atoms with van der Waals surface area (Å²) in [6.45, 7) is 0.911. The van der Waals surface area contributed by atoms with Gasteiger partial charge in [0, 0.05) is 24.4 Å².